The molecule has 1 rings (SSSR count). The monoisotopic (exact) mass is 210 g/mol. The van der Waals surface area contributed by atoms with Crippen molar-refractivity contribution in [3.8, 4) is 0 Å². The first-order chi connectivity index (χ1) is 6.77. The zero-order valence-corrected chi connectivity index (χ0v) is 10.5. The fourth-order valence-corrected chi connectivity index (χ4v) is 2.95. The van der Waals surface area contributed by atoms with Gasteiger partial charge in [0, 0.05) is 9.75 Å². The molecule has 0 aliphatic heterocycles. The van der Waals surface area contributed by atoms with Crippen LogP contribution in [0.1, 0.15) is 61.6 Å². The van der Waals surface area contributed by atoms with E-state index >= 15 is 0 Å². The molecule has 1 aromatic heterocycles. The van der Waals surface area contributed by atoms with Crippen molar-refractivity contribution in [2.24, 2.45) is 0 Å². The molecule has 0 aliphatic rings. The van der Waals surface area contributed by atoms with Crippen molar-refractivity contribution in [3.05, 3.63) is 21.9 Å². The number of unbranched alkanes of at least 4 members (excludes halogenated alkanes) is 1. The molecule has 0 aromatic carbocycles. The van der Waals surface area contributed by atoms with Gasteiger partial charge in [-0.15, -0.1) is 11.3 Å². The fourth-order valence-electron chi connectivity index (χ4n) is 1.90. The molecule has 80 valence electrons. The van der Waals surface area contributed by atoms with E-state index in [1.807, 2.05) is 11.3 Å². The van der Waals surface area contributed by atoms with Crippen LogP contribution in [0.3, 0.4) is 0 Å². The number of hydrogen-bond acceptors (Lipinski definition) is 1. The van der Waals surface area contributed by atoms with Crippen molar-refractivity contribution in [2.45, 2.75) is 58.8 Å². The van der Waals surface area contributed by atoms with Crippen LogP contribution in [0.4, 0.5) is 0 Å². The summed E-state index contributed by atoms with van der Waals surface area (Å²) in [5.41, 5.74) is 0. The van der Waals surface area contributed by atoms with Crippen LogP contribution < -0.4 is 0 Å². The first-order valence-electron chi connectivity index (χ1n) is 5.84. The van der Waals surface area contributed by atoms with E-state index in [1.54, 1.807) is 4.88 Å². The normalized spacial score (nSPS) is 13.1. The zero-order valence-electron chi connectivity index (χ0n) is 9.68. The summed E-state index contributed by atoms with van der Waals surface area (Å²) in [7, 11) is 0. The van der Waals surface area contributed by atoms with Gasteiger partial charge in [0.15, 0.2) is 0 Å². The molecular formula is C13H22S. The minimum Gasteiger partial charge on any atom is -0.145 e. The Morgan fingerprint density at radius 1 is 1.14 bits per heavy atom. The number of thiophene rings is 1. The molecule has 0 nitrogen and oxygen atoms in total. The SMILES string of the molecule is CCCCC(CCC)c1ccc(C)s1. The Hall–Kier alpha value is -0.300. The number of aryl methyl sites for hydroxylation is 1. The predicted octanol–water partition coefficient (Wildman–Crippen LogP) is 5.13. The zero-order chi connectivity index (χ0) is 10.4. The molecule has 0 N–H and O–H groups in total. The maximum Gasteiger partial charge on any atom is 0.00790 e. The summed E-state index contributed by atoms with van der Waals surface area (Å²) >= 11 is 1.99. The van der Waals surface area contributed by atoms with E-state index in [0.29, 0.717) is 0 Å². The lowest BCUT2D eigenvalue weighted by atomic mass is 9.96. The molecule has 0 radical (unpaired) electrons. The van der Waals surface area contributed by atoms with Crippen LogP contribution in [0.2, 0.25) is 0 Å². The Morgan fingerprint density at radius 2 is 1.93 bits per heavy atom. The second kappa shape index (κ2) is 6.23. The molecule has 1 aromatic rings. The van der Waals surface area contributed by atoms with Crippen LogP contribution in [-0.2, 0) is 0 Å². The molecule has 1 heterocycles. The Bertz CT molecular complexity index is 249. The molecule has 0 saturated carbocycles. The minimum atomic E-state index is 0.832. The highest BCUT2D eigenvalue weighted by molar-refractivity contribution is 7.12. The minimum absolute atomic E-state index is 0.832. The third-order valence-corrected chi connectivity index (χ3v) is 3.87. The standard InChI is InChI=1S/C13H22S/c1-4-6-8-12(7-5-2)13-10-9-11(3)14-13/h9-10,12H,4-8H2,1-3H3. The average molecular weight is 210 g/mol. The first-order valence-corrected chi connectivity index (χ1v) is 6.65. The van der Waals surface area contributed by atoms with Gasteiger partial charge in [0.05, 0.1) is 0 Å². The maximum atomic E-state index is 2.33. The van der Waals surface area contributed by atoms with Crippen molar-refractivity contribution in [3.63, 3.8) is 0 Å². The molecule has 1 unspecified atom stereocenters. The summed E-state index contributed by atoms with van der Waals surface area (Å²) in [6.45, 7) is 6.78. The van der Waals surface area contributed by atoms with Gasteiger partial charge < -0.3 is 0 Å². The Kier molecular flexibility index (Phi) is 5.24. The smallest absolute Gasteiger partial charge is 0.00790 e. The van der Waals surface area contributed by atoms with Crippen LogP contribution in [0.25, 0.3) is 0 Å². The van der Waals surface area contributed by atoms with Crippen LogP contribution in [0.5, 0.6) is 0 Å². The van der Waals surface area contributed by atoms with E-state index in [1.165, 1.54) is 37.0 Å². The Labute approximate surface area is 92.4 Å². The summed E-state index contributed by atoms with van der Waals surface area (Å²) in [6, 6.07) is 4.59. The maximum absolute atomic E-state index is 2.33. The Morgan fingerprint density at radius 3 is 2.43 bits per heavy atom. The van der Waals surface area contributed by atoms with Crippen LogP contribution in [0, 0.1) is 6.92 Å². The topological polar surface area (TPSA) is 0 Å². The van der Waals surface area contributed by atoms with Crippen molar-refractivity contribution in [2.75, 3.05) is 0 Å². The summed E-state index contributed by atoms with van der Waals surface area (Å²) in [4.78, 5) is 3.07. The molecule has 0 aliphatic carbocycles. The van der Waals surface area contributed by atoms with E-state index in [9.17, 15) is 0 Å². The lowest BCUT2D eigenvalue weighted by Gasteiger charge is -2.13. The summed E-state index contributed by atoms with van der Waals surface area (Å²) < 4.78 is 0. The van der Waals surface area contributed by atoms with E-state index < -0.39 is 0 Å². The number of rotatable bonds is 6. The molecule has 14 heavy (non-hydrogen) atoms. The molecule has 0 spiro atoms. The van der Waals surface area contributed by atoms with Crippen molar-refractivity contribution >= 4 is 11.3 Å². The largest absolute Gasteiger partial charge is 0.145 e. The van der Waals surface area contributed by atoms with Crippen LogP contribution in [0.15, 0.2) is 12.1 Å². The third kappa shape index (κ3) is 3.45. The van der Waals surface area contributed by atoms with Crippen LogP contribution in [-0.4, -0.2) is 0 Å². The van der Waals surface area contributed by atoms with Gasteiger partial charge in [-0.1, -0.05) is 33.1 Å². The van der Waals surface area contributed by atoms with Crippen molar-refractivity contribution in [1.29, 1.82) is 0 Å². The average Bonchev–Trinajstić information content (AvgIpc) is 2.59. The van der Waals surface area contributed by atoms with Gasteiger partial charge in [0.1, 0.15) is 0 Å². The first kappa shape index (κ1) is 11.8. The molecule has 1 heteroatoms. The molecule has 0 saturated heterocycles. The Balaban J connectivity index is 2.57. The van der Waals surface area contributed by atoms with Crippen LogP contribution >= 0.6 is 11.3 Å². The van der Waals surface area contributed by atoms with Gasteiger partial charge in [-0.25, -0.2) is 0 Å². The van der Waals surface area contributed by atoms with Gasteiger partial charge in [-0.2, -0.15) is 0 Å². The van der Waals surface area contributed by atoms with E-state index in [-0.39, 0.29) is 0 Å². The lowest BCUT2D eigenvalue weighted by Crippen LogP contribution is -1.95. The van der Waals surface area contributed by atoms with Crippen molar-refractivity contribution in [1.82, 2.24) is 0 Å². The molecule has 0 bridgehead atoms. The van der Waals surface area contributed by atoms with Crippen molar-refractivity contribution < 1.29 is 0 Å². The van der Waals surface area contributed by atoms with E-state index in [4.69, 9.17) is 0 Å². The predicted molar refractivity (Wildman–Crippen MR) is 66.2 cm³/mol. The highest BCUT2D eigenvalue weighted by Crippen LogP contribution is 2.31. The molecule has 1 atom stereocenters. The summed E-state index contributed by atoms with van der Waals surface area (Å²) in [5, 5.41) is 0. The van der Waals surface area contributed by atoms with Gasteiger partial charge in [0.2, 0.25) is 0 Å². The van der Waals surface area contributed by atoms with Gasteiger partial charge in [0.25, 0.3) is 0 Å². The molecule has 0 fully saturated rings. The third-order valence-electron chi connectivity index (χ3n) is 2.71. The fraction of sp³-hybridized carbons (Fsp3) is 0.692. The van der Waals surface area contributed by atoms with E-state index in [0.717, 1.165) is 5.92 Å². The van der Waals surface area contributed by atoms with Gasteiger partial charge in [-0.3, -0.25) is 0 Å². The number of hydrogen-bond donors (Lipinski definition) is 0. The van der Waals surface area contributed by atoms with Gasteiger partial charge >= 0.3 is 0 Å². The lowest BCUT2D eigenvalue weighted by molar-refractivity contribution is 0.548. The molecular weight excluding hydrogens is 188 g/mol. The summed E-state index contributed by atoms with van der Waals surface area (Å²) in [5.74, 6) is 0.832. The van der Waals surface area contributed by atoms with Gasteiger partial charge in [-0.05, 0) is 37.8 Å². The highest BCUT2D eigenvalue weighted by atomic mass is 32.1. The molecule has 0 amide bonds. The second-order valence-electron chi connectivity index (χ2n) is 4.08. The highest BCUT2D eigenvalue weighted by Gasteiger charge is 2.11. The van der Waals surface area contributed by atoms with E-state index in [2.05, 4.69) is 32.9 Å². The summed E-state index contributed by atoms with van der Waals surface area (Å²) in [6.07, 6.45) is 6.75. The quantitative estimate of drug-likeness (QED) is 0.610. The second-order valence-corrected chi connectivity index (χ2v) is 5.40.